The summed E-state index contributed by atoms with van der Waals surface area (Å²) in [6, 6.07) is -0.359. The molecule has 2 N–H and O–H groups in total. The molecule has 4 nitrogen and oxygen atoms in total. The van der Waals surface area contributed by atoms with E-state index >= 15 is 0 Å². The van der Waals surface area contributed by atoms with E-state index in [1.54, 1.807) is 0 Å². The first-order valence-corrected chi connectivity index (χ1v) is 6.34. The van der Waals surface area contributed by atoms with Crippen LogP contribution in [0.1, 0.15) is 12.8 Å². The van der Waals surface area contributed by atoms with Gasteiger partial charge >= 0.3 is 12.4 Å². The average molecular weight is 322 g/mol. The molecule has 1 rings (SSSR count). The minimum atomic E-state index is -5.72. The molecule has 0 aromatic heterocycles. The van der Waals surface area contributed by atoms with Gasteiger partial charge in [-0.15, -0.1) is 0 Å². The molecule has 0 aromatic carbocycles. The summed E-state index contributed by atoms with van der Waals surface area (Å²) in [5.74, 6) is -6.13. The molecule has 0 bridgehead atoms. The molecular weight excluding hydrogens is 306 g/mol. The molecule has 1 aliphatic rings. The molecule has 124 valence electrons. The number of hydrogen-bond acceptors (Lipinski definition) is 3. The van der Waals surface area contributed by atoms with Crippen LogP contribution in [0.25, 0.3) is 0 Å². The van der Waals surface area contributed by atoms with E-state index in [-0.39, 0.29) is 12.6 Å². The van der Waals surface area contributed by atoms with Gasteiger partial charge in [-0.05, 0) is 19.4 Å². The standard InChI is InChI=1S/C11H16F6N2O2/c12-10(13,14)8(11(15,16)17)9(21)19(4-5-20)6-7-2-1-3-18-7/h7-8,18,20H,1-6H2. The van der Waals surface area contributed by atoms with Gasteiger partial charge < -0.3 is 15.3 Å². The highest BCUT2D eigenvalue weighted by Gasteiger charge is 2.62. The van der Waals surface area contributed by atoms with E-state index < -0.39 is 37.3 Å². The maximum atomic E-state index is 12.5. The molecule has 1 unspecified atom stereocenters. The number of nitrogens with one attached hydrogen (secondary N) is 1. The van der Waals surface area contributed by atoms with Gasteiger partial charge in [-0.1, -0.05) is 0 Å². The first-order chi connectivity index (χ1) is 9.57. The maximum absolute atomic E-state index is 12.5. The van der Waals surface area contributed by atoms with Crippen molar-refractivity contribution in [3.63, 3.8) is 0 Å². The number of halogens is 6. The van der Waals surface area contributed by atoms with E-state index in [2.05, 4.69) is 5.32 Å². The number of alkyl halides is 6. The third-order valence-corrected chi connectivity index (χ3v) is 3.19. The van der Waals surface area contributed by atoms with Gasteiger partial charge in [0.05, 0.1) is 6.61 Å². The lowest BCUT2D eigenvalue weighted by Crippen LogP contribution is -2.52. The highest BCUT2D eigenvalue weighted by molar-refractivity contribution is 5.80. The topological polar surface area (TPSA) is 52.6 Å². The third kappa shape index (κ3) is 5.03. The number of carbonyl (C=O) groups excluding carboxylic acids is 1. The van der Waals surface area contributed by atoms with Crippen LogP contribution in [0.2, 0.25) is 0 Å². The number of hydrogen-bond donors (Lipinski definition) is 2. The van der Waals surface area contributed by atoms with Crippen molar-refractivity contribution in [2.45, 2.75) is 31.2 Å². The van der Waals surface area contributed by atoms with Crippen molar-refractivity contribution < 1.29 is 36.2 Å². The minimum absolute atomic E-state index is 0.290. The normalized spacial score (nSPS) is 20.1. The second-order valence-electron chi connectivity index (χ2n) is 4.82. The van der Waals surface area contributed by atoms with E-state index in [1.165, 1.54) is 0 Å². The molecule has 1 saturated heterocycles. The van der Waals surface area contributed by atoms with Gasteiger partial charge in [-0.3, -0.25) is 4.79 Å². The highest BCUT2D eigenvalue weighted by Crippen LogP contribution is 2.40. The second-order valence-corrected chi connectivity index (χ2v) is 4.82. The van der Waals surface area contributed by atoms with Crippen LogP contribution in [0.15, 0.2) is 0 Å². The molecule has 1 amide bonds. The van der Waals surface area contributed by atoms with Crippen molar-refractivity contribution in [1.82, 2.24) is 10.2 Å². The van der Waals surface area contributed by atoms with Gasteiger partial charge in [0, 0.05) is 19.1 Å². The Morgan fingerprint density at radius 1 is 1.24 bits per heavy atom. The lowest BCUT2D eigenvalue weighted by molar-refractivity contribution is -0.277. The Morgan fingerprint density at radius 2 is 1.81 bits per heavy atom. The van der Waals surface area contributed by atoms with Gasteiger partial charge in [0.25, 0.3) is 0 Å². The van der Waals surface area contributed by atoms with Crippen LogP contribution >= 0.6 is 0 Å². The molecule has 0 aliphatic carbocycles. The van der Waals surface area contributed by atoms with Gasteiger partial charge in [-0.2, -0.15) is 26.3 Å². The predicted octanol–water partition coefficient (Wildman–Crippen LogP) is 1.30. The summed E-state index contributed by atoms with van der Waals surface area (Å²) >= 11 is 0. The average Bonchev–Trinajstić information content (AvgIpc) is 2.77. The number of nitrogens with zero attached hydrogens (tertiary/aromatic N) is 1. The molecule has 1 aliphatic heterocycles. The summed E-state index contributed by atoms with van der Waals surface area (Å²) in [6.45, 7) is -0.976. The van der Waals surface area contributed by atoms with Crippen LogP contribution in [-0.2, 0) is 4.79 Å². The van der Waals surface area contributed by atoms with Crippen molar-refractivity contribution >= 4 is 5.91 Å². The van der Waals surface area contributed by atoms with Gasteiger partial charge in [-0.25, -0.2) is 0 Å². The van der Waals surface area contributed by atoms with E-state index in [0.717, 1.165) is 6.42 Å². The second kappa shape index (κ2) is 6.82. The van der Waals surface area contributed by atoms with Gasteiger partial charge in [0.1, 0.15) is 0 Å². The van der Waals surface area contributed by atoms with Crippen molar-refractivity contribution in [2.75, 3.05) is 26.2 Å². The molecule has 10 heteroatoms. The van der Waals surface area contributed by atoms with E-state index in [9.17, 15) is 31.1 Å². The van der Waals surface area contributed by atoms with Gasteiger partial charge in [0.15, 0.2) is 0 Å². The fourth-order valence-corrected chi connectivity index (χ4v) is 2.24. The number of amides is 1. The fraction of sp³-hybridized carbons (Fsp3) is 0.909. The Morgan fingerprint density at radius 3 is 2.19 bits per heavy atom. The van der Waals surface area contributed by atoms with Crippen molar-refractivity contribution in [3.8, 4) is 0 Å². The summed E-state index contributed by atoms with van der Waals surface area (Å²) in [5.41, 5.74) is 0. The number of carbonyl (C=O) groups is 1. The summed E-state index contributed by atoms with van der Waals surface area (Å²) in [5, 5.41) is 11.6. The van der Waals surface area contributed by atoms with E-state index in [1.807, 2.05) is 0 Å². The maximum Gasteiger partial charge on any atom is 0.409 e. The predicted molar refractivity (Wildman–Crippen MR) is 60.3 cm³/mol. The van der Waals surface area contributed by atoms with Crippen LogP contribution in [0.3, 0.4) is 0 Å². The zero-order valence-corrected chi connectivity index (χ0v) is 11.0. The molecule has 0 aromatic rings. The zero-order valence-electron chi connectivity index (χ0n) is 11.0. The molecular formula is C11H16F6N2O2. The minimum Gasteiger partial charge on any atom is -0.395 e. The number of aliphatic hydroxyl groups excluding tert-OH is 1. The Balaban J connectivity index is 2.90. The molecule has 1 atom stereocenters. The van der Waals surface area contributed by atoms with Crippen LogP contribution in [0, 0.1) is 5.92 Å². The molecule has 1 heterocycles. The van der Waals surface area contributed by atoms with Crippen LogP contribution in [0.4, 0.5) is 26.3 Å². The molecule has 0 spiro atoms. The Hall–Kier alpha value is -1.03. The Labute approximate surface area is 117 Å². The third-order valence-electron chi connectivity index (χ3n) is 3.19. The van der Waals surface area contributed by atoms with Crippen LogP contribution in [-0.4, -0.2) is 60.5 Å². The molecule has 0 radical (unpaired) electrons. The van der Waals surface area contributed by atoms with E-state index in [0.29, 0.717) is 17.9 Å². The van der Waals surface area contributed by atoms with Crippen molar-refractivity contribution in [2.24, 2.45) is 5.92 Å². The van der Waals surface area contributed by atoms with Crippen LogP contribution < -0.4 is 5.32 Å². The number of rotatable bonds is 5. The highest BCUT2D eigenvalue weighted by atomic mass is 19.4. The van der Waals surface area contributed by atoms with E-state index in [4.69, 9.17) is 5.11 Å². The molecule has 21 heavy (non-hydrogen) atoms. The largest absolute Gasteiger partial charge is 0.409 e. The monoisotopic (exact) mass is 322 g/mol. The Kier molecular flexibility index (Phi) is 5.85. The van der Waals surface area contributed by atoms with Crippen molar-refractivity contribution in [3.05, 3.63) is 0 Å². The lowest BCUT2D eigenvalue weighted by Gasteiger charge is -2.30. The van der Waals surface area contributed by atoms with Gasteiger partial charge in [0.2, 0.25) is 11.8 Å². The fourth-order valence-electron chi connectivity index (χ4n) is 2.24. The Bertz CT molecular complexity index is 338. The smallest absolute Gasteiger partial charge is 0.395 e. The number of aliphatic hydroxyl groups is 1. The lowest BCUT2D eigenvalue weighted by atomic mass is 10.1. The zero-order chi connectivity index (χ0) is 16.3. The summed E-state index contributed by atoms with van der Waals surface area (Å²) < 4.78 is 75.2. The molecule has 1 fully saturated rings. The van der Waals surface area contributed by atoms with Crippen molar-refractivity contribution in [1.29, 1.82) is 0 Å². The first kappa shape index (κ1) is 18.0. The molecule has 0 saturated carbocycles. The summed E-state index contributed by atoms with van der Waals surface area (Å²) in [7, 11) is 0. The summed E-state index contributed by atoms with van der Waals surface area (Å²) in [6.07, 6.45) is -10.1. The SMILES string of the molecule is O=C(C(C(F)(F)F)C(F)(F)F)N(CCO)CC1CCCN1. The van der Waals surface area contributed by atoms with Crippen LogP contribution in [0.5, 0.6) is 0 Å². The quantitative estimate of drug-likeness (QED) is 0.750. The summed E-state index contributed by atoms with van der Waals surface area (Å²) in [4.78, 5) is 12.1. The first-order valence-electron chi connectivity index (χ1n) is 6.34.